The highest BCUT2D eigenvalue weighted by molar-refractivity contribution is 7.81. The summed E-state index contributed by atoms with van der Waals surface area (Å²) in [5, 5.41) is 0. The Labute approximate surface area is 48.7 Å². The fourth-order valence-corrected chi connectivity index (χ4v) is 0.828. The molecule has 0 radical (unpaired) electrons. The van der Waals surface area contributed by atoms with Crippen LogP contribution in [0.5, 0.6) is 0 Å². The molecule has 1 aliphatic rings. The Morgan fingerprint density at radius 1 is 1.62 bits per heavy atom. The predicted molar refractivity (Wildman–Crippen MR) is 28.6 cm³/mol. The lowest BCUT2D eigenvalue weighted by Gasteiger charge is -2.04. The van der Waals surface area contributed by atoms with Gasteiger partial charge in [-0.3, -0.25) is 14.2 Å². The number of rotatable bonds is 0. The lowest BCUT2D eigenvalue weighted by Crippen LogP contribution is -2.34. The third-order valence-corrected chi connectivity index (χ3v) is 1.34. The van der Waals surface area contributed by atoms with Crippen LogP contribution in [0.3, 0.4) is 0 Å². The molecule has 0 fully saturated rings. The zero-order chi connectivity index (χ0) is 5.98. The molecule has 4 nitrogen and oxygen atoms in total. The van der Waals surface area contributed by atoms with Gasteiger partial charge in [-0.15, -0.1) is 0 Å². The van der Waals surface area contributed by atoms with Crippen LogP contribution >= 0.6 is 0 Å². The van der Waals surface area contributed by atoms with E-state index in [1.165, 1.54) is 12.3 Å². The van der Waals surface area contributed by atoms with E-state index in [1.54, 1.807) is 0 Å². The third kappa shape index (κ3) is 1.06. The molecular weight excluding hydrogens is 128 g/mol. The van der Waals surface area contributed by atoms with Crippen molar-refractivity contribution in [1.29, 1.82) is 0 Å². The van der Waals surface area contributed by atoms with Gasteiger partial charge in [-0.25, -0.2) is 4.21 Å². The fourth-order valence-electron chi connectivity index (χ4n) is 0.326. The van der Waals surface area contributed by atoms with E-state index in [9.17, 15) is 9.00 Å². The first-order valence-electron chi connectivity index (χ1n) is 1.94. The summed E-state index contributed by atoms with van der Waals surface area (Å²) in [4.78, 5) is 10.2. The first-order chi connectivity index (χ1) is 3.79. The Hall–Kier alpha value is -0.840. The predicted octanol–water partition coefficient (Wildman–Crippen LogP) is -1.20. The summed E-state index contributed by atoms with van der Waals surface area (Å²) in [7, 11) is 0. The molecule has 2 N–H and O–H groups in total. The molecule has 1 rings (SSSR count). The summed E-state index contributed by atoms with van der Waals surface area (Å²) in [6.07, 6.45) is 2.61. The van der Waals surface area contributed by atoms with Crippen molar-refractivity contribution in [2.24, 2.45) is 0 Å². The number of carbonyl (C=O) groups is 1. The minimum Gasteiger partial charge on any atom is -0.294 e. The SMILES string of the molecule is O=C1C=CNS(=O)N1. The van der Waals surface area contributed by atoms with Gasteiger partial charge in [-0.1, -0.05) is 0 Å². The molecule has 0 aromatic carbocycles. The number of amides is 1. The quantitative estimate of drug-likeness (QED) is 0.435. The van der Waals surface area contributed by atoms with Crippen LogP contribution in [0, 0.1) is 0 Å². The summed E-state index contributed by atoms with van der Waals surface area (Å²) >= 11 is -1.41. The minimum atomic E-state index is -1.41. The normalized spacial score (nSPS) is 26.5. The maximum Gasteiger partial charge on any atom is 0.258 e. The summed E-state index contributed by atoms with van der Waals surface area (Å²) in [6, 6.07) is 0. The van der Waals surface area contributed by atoms with Crippen LogP contribution in [0.4, 0.5) is 0 Å². The Kier molecular flexibility index (Phi) is 1.29. The van der Waals surface area contributed by atoms with Crippen LogP contribution in [0.25, 0.3) is 0 Å². The molecule has 0 aliphatic carbocycles. The Bertz CT molecular complexity index is 165. The maximum absolute atomic E-state index is 10.3. The van der Waals surface area contributed by atoms with E-state index in [2.05, 4.69) is 9.44 Å². The molecule has 0 saturated heterocycles. The molecule has 1 unspecified atom stereocenters. The average Bonchev–Trinajstić information content (AvgIpc) is 1.64. The van der Waals surface area contributed by atoms with Gasteiger partial charge >= 0.3 is 0 Å². The van der Waals surface area contributed by atoms with E-state index in [0.29, 0.717) is 0 Å². The molecule has 44 valence electrons. The van der Waals surface area contributed by atoms with E-state index in [0.717, 1.165) is 0 Å². The molecule has 0 spiro atoms. The summed E-state index contributed by atoms with van der Waals surface area (Å²) in [5.74, 6) is -0.331. The van der Waals surface area contributed by atoms with Gasteiger partial charge < -0.3 is 0 Å². The van der Waals surface area contributed by atoms with Crippen molar-refractivity contribution in [1.82, 2.24) is 9.44 Å². The average molecular weight is 132 g/mol. The molecule has 0 saturated carbocycles. The molecule has 1 amide bonds. The molecule has 1 atom stereocenters. The number of carbonyl (C=O) groups excluding carboxylic acids is 1. The lowest BCUT2D eigenvalue weighted by atomic mass is 10.6. The van der Waals surface area contributed by atoms with Gasteiger partial charge in [0.05, 0.1) is 0 Å². The lowest BCUT2D eigenvalue weighted by molar-refractivity contribution is -0.114. The topological polar surface area (TPSA) is 58.2 Å². The van der Waals surface area contributed by atoms with E-state index >= 15 is 0 Å². The van der Waals surface area contributed by atoms with Crippen molar-refractivity contribution in [3.63, 3.8) is 0 Å². The molecule has 8 heavy (non-hydrogen) atoms. The Morgan fingerprint density at radius 2 is 2.38 bits per heavy atom. The molecule has 5 heteroatoms. The van der Waals surface area contributed by atoms with Crippen LogP contribution in [0.1, 0.15) is 0 Å². The standard InChI is InChI=1S/C3H4N2O2S/c6-3-1-2-4-8(7)5-3/h1-2,4H,(H,5,6). The van der Waals surface area contributed by atoms with Gasteiger partial charge in [0.2, 0.25) is 11.2 Å². The van der Waals surface area contributed by atoms with Gasteiger partial charge in [-0.2, -0.15) is 0 Å². The molecule has 1 aliphatic heterocycles. The largest absolute Gasteiger partial charge is 0.294 e. The van der Waals surface area contributed by atoms with E-state index < -0.39 is 11.2 Å². The van der Waals surface area contributed by atoms with Gasteiger partial charge in [0.25, 0.3) is 5.91 Å². The molecule has 0 bridgehead atoms. The van der Waals surface area contributed by atoms with E-state index in [-0.39, 0.29) is 5.91 Å². The Morgan fingerprint density at radius 3 is 2.75 bits per heavy atom. The van der Waals surface area contributed by atoms with Crippen molar-refractivity contribution in [3.8, 4) is 0 Å². The van der Waals surface area contributed by atoms with Crippen molar-refractivity contribution in [2.45, 2.75) is 0 Å². The van der Waals surface area contributed by atoms with Crippen LogP contribution in [0.15, 0.2) is 12.3 Å². The van der Waals surface area contributed by atoms with Gasteiger partial charge in [0, 0.05) is 12.3 Å². The second kappa shape index (κ2) is 1.95. The molecule has 0 aromatic heterocycles. The summed E-state index contributed by atoms with van der Waals surface area (Å²) < 4.78 is 14.8. The first-order valence-corrected chi connectivity index (χ1v) is 3.09. The smallest absolute Gasteiger partial charge is 0.258 e. The van der Waals surface area contributed by atoms with Gasteiger partial charge in [0.15, 0.2) is 0 Å². The van der Waals surface area contributed by atoms with E-state index in [1.807, 2.05) is 0 Å². The zero-order valence-electron chi connectivity index (χ0n) is 3.88. The maximum atomic E-state index is 10.3. The van der Waals surface area contributed by atoms with Gasteiger partial charge in [0.1, 0.15) is 0 Å². The number of hydrogen-bond donors (Lipinski definition) is 2. The Balaban J connectivity index is 2.68. The fraction of sp³-hybridized carbons (Fsp3) is 0. The van der Waals surface area contributed by atoms with Crippen molar-refractivity contribution in [2.75, 3.05) is 0 Å². The number of nitrogens with one attached hydrogen (secondary N) is 2. The second-order valence-electron chi connectivity index (χ2n) is 1.19. The monoisotopic (exact) mass is 132 g/mol. The third-order valence-electron chi connectivity index (χ3n) is 0.603. The highest BCUT2D eigenvalue weighted by Gasteiger charge is 2.03. The summed E-state index contributed by atoms with van der Waals surface area (Å²) in [5.41, 5.74) is 0. The first kappa shape index (κ1) is 5.30. The minimum absolute atomic E-state index is 0.331. The molecule has 1 heterocycles. The molecular formula is C3H4N2O2S. The van der Waals surface area contributed by atoms with Crippen LogP contribution in [0.2, 0.25) is 0 Å². The van der Waals surface area contributed by atoms with Crippen molar-refractivity contribution in [3.05, 3.63) is 12.3 Å². The van der Waals surface area contributed by atoms with Gasteiger partial charge in [-0.05, 0) is 0 Å². The van der Waals surface area contributed by atoms with E-state index in [4.69, 9.17) is 0 Å². The summed E-state index contributed by atoms with van der Waals surface area (Å²) in [6.45, 7) is 0. The van der Waals surface area contributed by atoms with Crippen molar-refractivity contribution < 1.29 is 9.00 Å². The van der Waals surface area contributed by atoms with Crippen LogP contribution in [-0.2, 0) is 16.0 Å². The number of hydrogen-bond acceptors (Lipinski definition) is 2. The van der Waals surface area contributed by atoms with Crippen LogP contribution < -0.4 is 9.44 Å². The zero-order valence-corrected chi connectivity index (χ0v) is 4.70. The van der Waals surface area contributed by atoms with Crippen LogP contribution in [-0.4, -0.2) is 10.1 Å². The highest BCUT2D eigenvalue weighted by Crippen LogP contribution is 1.79. The molecule has 0 aromatic rings. The van der Waals surface area contributed by atoms with Crippen molar-refractivity contribution >= 4 is 17.1 Å². The second-order valence-corrected chi connectivity index (χ2v) is 2.16. The highest BCUT2D eigenvalue weighted by atomic mass is 32.2.